The van der Waals surface area contributed by atoms with E-state index < -0.39 is 11.8 Å². The number of rotatable bonds is 7. The maximum Gasteiger partial charge on any atom is 0.255 e. The summed E-state index contributed by atoms with van der Waals surface area (Å²) in [5.74, 6) is -0.213. The normalized spacial score (nSPS) is 11.7. The Balaban J connectivity index is 2.20. The van der Waals surface area contributed by atoms with Crippen molar-refractivity contribution in [2.45, 2.75) is 25.7 Å². The van der Waals surface area contributed by atoms with E-state index in [0.717, 1.165) is 29.7 Å². The Labute approximate surface area is 130 Å². The molecule has 0 aliphatic carbocycles. The number of nitrogens with one attached hydrogen (secondary N) is 1. The molecule has 0 aliphatic rings. The lowest BCUT2D eigenvalue weighted by Gasteiger charge is -2.16. The molecule has 1 unspecified atom stereocenters. The highest BCUT2D eigenvalue weighted by Gasteiger charge is 2.22. The molecule has 2 aromatic rings. The summed E-state index contributed by atoms with van der Waals surface area (Å²) in [7, 11) is 0. The van der Waals surface area contributed by atoms with E-state index in [2.05, 4.69) is 6.92 Å². The molecule has 0 saturated carbocycles. The average Bonchev–Trinajstić information content (AvgIpc) is 2.57. The number of hydrogen-bond acceptors (Lipinski definition) is 3. The lowest BCUT2D eigenvalue weighted by atomic mass is 9.91. The number of hydrogen-bond donors (Lipinski definition) is 2. The van der Waals surface area contributed by atoms with E-state index >= 15 is 0 Å². The second-order valence-electron chi connectivity index (χ2n) is 5.09. The van der Waals surface area contributed by atoms with E-state index in [1.54, 1.807) is 5.48 Å². The van der Waals surface area contributed by atoms with Crippen molar-refractivity contribution in [2.75, 3.05) is 6.61 Å². The molecule has 2 rings (SSSR count). The standard InChI is InChI=1S/C18H21NO3/c1-2-3-13-22-16-11-9-15(10-12-16)17(18(20)19-21)14-7-5-4-6-8-14/h4-12,17,21H,2-3,13H2,1H3,(H,19,20). The zero-order valence-electron chi connectivity index (χ0n) is 12.7. The van der Waals surface area contributed by atoms with Crippen molar-refractivity contribution in [1.82, 2.24) is 5.48 Å². The van der Waals surface area contributed by atoms with Gasteiger partial charge in [0, 0.05) is 0 Å². The van der Waals surface area contributed by atoms with E-state index in [1.165, 1.54) is 0 Å². The second-order valence-corrected chi connectivity index (χ2v) is 5.09. The van der Waals surface area contributed by atoms with Crippen molar-refractivity contribution in [1.29, 1.82) is 0 Å². The van der Waals surface area contributed by atoms with Crippen LogP contribution in [0.25, 0.3) is 0 Å². The molecule has 0 heterocycles. The minimum atomic E-state index is -0.545. The first-order valence-electron chi connectivity index (χ1n) is 7.48. The van der Waals surface area contributed by atoms with Crippen LogP contribution in [0.5, 0.6) is 5.75 Å². The van der Waals surface area contributed by atoms with Crippen LogP contribution >= 0.6 is 0 Å². The van der Waals surface area contributed by atoms with E-state index in [-0.39, 0.29) is 0 Å². The van der Waals surface area contributed by atoms with Crippen LogP contribution in [-0.4, -0.2) is 17.7 Å². The van der Waals surface area contributed by atoms with E-state index in [1.807, 2.05) is 54.6 Å². The fourth-order valence-corrected chi connectivity index (χ4v) is 2.30. The SMILES string of the molecule is CCCCOc1ccc(C(C(=O)NO)c2ccccc2)cc1. The fourth-order valence-electron chi connectivity index (χ4n) is 2.30. The zero-order valence-corrected chi connectivity index (χ0v) is 12.7. The molecule has 0 saturated heterocycles. The second kappa shape index (κ2) is 8.20. The summed E-state index contributed by atoms with van der Waals surface area (Å²) in [5.41, 5.74) is 3.38. The molecule has 2 N–H and O–H groups in total. The summed E-state index contributed by atoms with van der Waals surface area (Å²) < 4.78 is 5.62. The van der Waals surface area contributed by atoms with E-state index in [9.17, 15) is 4.79 Å². The van der Waals surface area contributed by atoms with Crippen molar-refractivity contribution in [3.8, 4) is 5.75 Å². The lowest BCUT2D eigenvalue weighted by Crippen LogP contribution is -2.27. The van der Waals surface area contributed by atoms with Gasteiger partial charge < -0.3 is 4.74 Å². The number of unbranched alkanes of at least 4 members (excludes halogenated alkanes) is 1. The van der Waals surface area contributed by atoms with Crippen molar-refractivity contribution in [3.05, 3.63) is 65.7 Å². The lowest BCUT2D eigenvalue weighted by molar-refractivity contribution is -0.129. The third-order valence-electron chi connectivity index (χ3n) is 3.49. The highest BCUT2D eigenvalue weighted by atomic mass is 16.5. The Kier molecular flexibility index (Phi) is 5.98. The van der Waals surface area contributed by atoms with Gasteiger partial charge >= 0.3 is 0 Å². The molecule has 22 heavy (non-hydrogen) atoms. The van der Waals surface area contributed by atoms with Gasteiger partial charge in [-0.15, -0.1) is 0 Å². The predicted octanol–water partition coefficient (Wildman–Crippen LogP) is 3.50. The predicted molar refractivity (Wildman–Crippen MR) is 85.1 cm³/mol. The fraction of sp³-hybridized carbons (Fsp3) is 0.278. The first kappa shape index (κ1) is 16.0. The number of carbonyl (C=O) groups is 1. The number of benzene rings is 2. The van der Waals surface area contributed by atoms with Crippen LogP contribution in [0.15, 0.2) is 54.6 Å². The average molecular weight is 299 g/mol. The van der Waals surface area contributed by atoms with Crippen LogP contribution in [0.4, 0.5) is 0 Å². The summed E-state index contributed by atoms with van der Waals surface area (Å²) in [5, 5.41) is 9.00. The number of ether oxygens (including phenoxy) is 1. The zero-order chi connectivity index (χ0) is 15.8. The molecule has 0 fully saturated rings. The summed E-state index contributed by atoms with van der Waals surface area (Å²) >= 11 is 0. The van der Waals surface area contributed by atoms with Gasteiger partial charge in [-0.3, -0.25) is 10.0 Å². The quantitative estimate of drug-likeness (QED) is 0.467. The molecule has 1 amide bonds. The van der Waals surface area contributed by atoms with Gasteiger partial charge in [-0.2, -0.15) is 0 Å². The summed E-state index contributed by atoms with van der Waals surface area (Å²) in [6.45, 7) is 2.81. The van der Waals surface area contributed by atoms with Gasteiger partial charge in [-0.25, -0.2) is 5.48 Å². The van der Waals surface area contributed by atoms with Crippen LogP contribution < -0.4 is 10.2 Å². The maximum atomic E-state index is 12.0. The molecule has 1 atom stereocenters. The van der Waals surface area contributed by atoms with Crippen LogP contribution in [-0.2, 0) is 4.79 Å². The highest BCUT2D eigenvalue weighted by Crippen LogP contribution is 2.26. The Bertz CT molecular complexity index is 581. The third-order valence-corrected chi connectivity index (χ3v) is 3.49. The van der Waals surface area contributed by atoms with E-state index in [4.69, 9.17) is 9.94 Å². The largest absolute Gasteiger partial charge is 0.494 e. The van der Waals surface area contributed by atoms with Crippen LogP contribution in [0.2, 0.25) is 0 Å². The Morgan fingerprint density at radius 2 is 1.73 bits per heavy atom. The van der Waals surface area contributed by atoms with Gasteiger partial charge in [0.05, 0.1) is 12.5 Å². The molecular formula is C18H21NO3. The molecule has 0 spiro atoms. The van der Waals surface area contributed by atoms with Gasteiger partial charge in [-0.1, -0.05) is 55.8 Å². The Morgan fingerprint density at radius 3 is 2.32 bits per heavy atom. The first-order valence-corrected chi connectivity index (χ1v) is 7.48. The van der Waals surface area contributed by atoms with Gasteiger partial charge in [0.25, 0.3) is 5.91 Å². The monoisotopic (exact) mass is 299 g/mol. The van der Waals surface area contributed by atoms with Gasteiger partial charge in [0.2, 0.25) is 0 Å². The van der Waals surface area contributed by atoms with Crippen molar-refractivity contribution < 1.29 is 14.7 Å². The number of amides is 1. The van der Waals surface area contributed by atoms with Crippen molar-refractivity contribution in [3.63, 3.8) is 0 Å². The molecule has 0 aliphatic heterocycles. The van der Waals surface area contributed by atoms with E-state index in [0.29, 0.717) is 6.61 Å². The van der Waals surface area contributed by atoms with Gasteiger partial charge in [0.1, 0.15) is 5.75 Å². The summed E-state index contributed by atoms with van der Waals surface area (Å²) in [6.07, 6.45) is 2.10. The molecule has 0 aromatic heterocycles. The maximum absolute atomic E-state index is 12.0. The number of carbonyl (C=O) groups excluding carboxylic acids is 1. The molecule has 4 heteroatoms. The molecule has 4 nitrogen and oxygen atoms in total. The van der Waals surface area contributed by atoms with Crippen molar-refractivity contribution in [2.24, 2.45) is 0 Å². The molecular weight excluding hydrogens is 278 g/mol. The molecule has 116 valence electrons. The Morgan fingerprint density at radius 1 is 1.09 bits per heavy atom. The highest BCUT2D eigenvalue weighted by molar-refractivity contribution is 5.86. The first-order chi connectivity index (χ1) is 10.8. The molecule has 0 bridgehead atoms. The third kappa shape index (κ3) is 4.09. The van der Waals surface area contributed by atoms with Crippen LogP contribution in [0.3, 0.4) is 0 Å². The smallest absolute Gasteiger partial charge is 0.255 e. The van der Waals surface area contributed by atoms with Crippen LogP contribution in [0.1, 0.15) is 36.8 Å². The Hall–Kier alpha value is -2.33. The number of hydroxylamine groups is 1. The summed E-state index contributed by atoms with van der Waals surface area (Å²) in [6, 6.07) is 16.8. The van der Waals surface area contributed by atoms with Crippen LogP contribution in [0, 0.1) is 0 Å². The molecule has 2 aromatic carbocycles. The molecule has 0 radical (unpaired) electrons. The van der Waals surface area contributed by atoms with Crippen molar-refractivity contribution >= 4 is 5.91 Å². The van der Waals surface area contributed by atoms with Gasteiger partial charge in [0.15, 0.2) is 0 Å². The minimum absolute atomic E-state index is 0.453. The van der Waals surface area contributed by atoms with Gasteiger partial charge in [-0.05, 0) is 29.7 Å². The minimum Gasteiger partial charge on any atom is -0.494 e. The summed E-state index contributed by atoms with van der Waals surface area (Å²) in [4.78, 5) is 12.0. The topological polar surface area (TPSA) is 58.6 Å².